The van der Waals surface area contributed by atoms with Crippen LogP contribution in [-0.2, 0) is 9.53 Å². The Labute approximate surface area is 160 Å². The number of amides is 1. The highest BCUT2D eigenvalue weighted by Gasteiger charge is 2.15. The highest BCUT2D eigenvalue weighted by Crippen LogP contribution is 2.25. The molecule has 1 N–H and O–H groups in total. The van der Waals surface area contributed by atoms with E-state index in [0.717, 1.165) is 30.0 Å². The van der Waals surface area contributed by atoms with Gasteiger partial charge in [-0.15, -0.1) is 0 Å². The summed E-state index contributed by atoms with van der Waals surface area (Å²) in [4.78, 5) is 14.1. The summed E-state index contributed by atoms with van der Waals surface area (Å²) >= 11 is 0. The van der Waals surface area contributed by atoms with Crippen LogP contribution in [0.15, 0.2) is 29.4 Å². The molecular formula is C21H28N4O2. The zero-order valence-electron chi connectivity index (χ0n) is 16.6. The van der Waals surface area contributed by atoms with Gasteiger partial charge in [-0.3, -0.25) is 9.69 Å². The number of nitrogens with zero attached hydrogens (tertiary/aromatic N) is 3. The molecule has 2 heterocycles. The van der Waals surface area contributed by atoms with E-state index >= 15 is 0 Å². The average Bonchev–Trinajstić information content (AvgIpc) is 2.90. The SMILES string of the molecule is Cc1cccc(C)c1-n1c(C)cc(/C=N\NC(=O)CN2CCOCC2)c1C. The first kappa shape index (κ1) is 19.3. The third-order valence-corrected chi connectivity index (χ3v) is 5.00. The number of hydrogen-bond donors (Lipinski definition) is 1. The average molecular weight is 368 g/mol. The Kier molecular flexibility index (Phi) is 6.08. The van der Waals surface area contributed by atoms with Gasteiger partial charge in [0.2, 0.25) is 0 Å². The number of morpholine rings is 1. The van der Waals surface area contributed by atoms with E-state index in [0.29, 0.717) is 19.8 Å². The number of aromatic nitrogens is 1. The highest BCUT2D eigenvalue weighted by molar-refractivity contribution is 5.84. The normalized spacial score (nSPS) is 15.4. The predicted octanol–water partition coefficient (Wildman–Crippen LogP) is 2.49. The number of para-hydroxylation sites is 1. The molecule has 144 valence electrons. The van der Waals surface area contributed by atoms with Crippen LogP contribution in [0.3, 0.4) is 0 Å². The van der Waals surface area contributed by atoms with Crippen LogP contribution in [0.2, 0.25) is 0 Å². The quantitative estimate of drug-likeness (QED) is 0.652. The Morgan fingerprint density at radius 2 is 1.85 bits per heavy atom. The van der Waals surface area contributed by atoms with Gasteiger partial charge >= 0.3 is 0 Å². The topological polar surface area (TPSA) is 58.9 Å². The standard InChI is InChI=1S/C21H28N4O2/c1-15-6-5-7-16(2)21(15)25-17(3)12-19(18(25)4)13-22-23-20(26)14-24-8-10-27-11-9-24/h5-7,12-13H,8-11,14H2,1-4H3,(H,23,26)/b22-13-. The van der Waals surface area contributed by atoms with E-state index in [2.05, 4.69) is 72.0 Å². The maximum atomic E-state index is 12.1. The number of benzene rings is 1. The van der Waals surface area contributed by atoms with E-state index in [1.54, 1.807) is 6.21 Å². The Morgan fingerprint density at radius 1 is 1.19 bits per heavy atom. The fourth-order valence-corrected chi connectivity index (χ4v) is 3.59. The molecule has 1 aliphatic rings. The van der Waals surface area contributed by atoms with E-state index < -0.39 is 0 Å². The maximum absolute atomic E-state index is 12.1. The van der Waals surface area contributed by atoms with Gasteiger partial charge in [0.25, 0.3) is 5.91 Å². The molecule has 27 heavy (non-hydrogen) atoms. The van der Waals surface area contributed by atoms with Gasteiger partial charge in [-0.2, -0.15) is 5.10 Å². The van der Waals surface area contributed by atoms with Crippen molar-refractivity contribution in [2.45, 2.75) is 27.7 Å². The molecule has 3 rings (SSSR count). The summed E-state index contributed by atoms with van der Waals surface area (Å²) in [5, 5.41) is 4.17. The third kappa shape index (κ3) is 4.46. The minimum Gasteiger partial charge on any atom is -0.379 e. The number of hydrazone groups is 1. The Morgan fingerprint density at radius 3 is 2.52 bits per heavy atom. The lowest BCUT2D eigenvalue weighted by Crippen LogP contribution is -2.42. The molecule has 0 saturated carbocycles. The van der Waals surface area contributed by atoms with Crippen molar-refractivity contribution < 1.29 is 9.53 Å². The molecule has 1 saturated heterocycles. The second-order valence-corrected chi connectivity index (χ2v) is 7.08. The lowest BCUT2D eigenvalue weighted by Gasteiger charge is -2.25. The van der Waals surface area contributed by atoms with Crippen molar-refractivity contribution in [2.24, 2.45) is 5.10 Å². The molecule has 1 aromatic carbocycles. The van der Waals surface area contributed by atoms with Crippen molar-refractivity contribution in [1.82, 2.24) is 14.9 Å². The lowest BCUT2D eigenvalue weighted by atomic mass is 10.1. The number of rotatable bonds is 5. The maximum Gasteiger partial charge on any atom is 0.254 e. The Balaban J connectivity index is 1.71. The molecule has 0 radical (unpaired) electrons. The first-order chi connectivity index (χ1) is 13.0. The van der Waals surface area contributed by atoms with Crippen molar-refractivity contribution in [1.29, 1.82) is 0 Å². The molecule has 2 aromatic rings. The van der Waals surface area contributed by atoms with Gasteiger partial charge in [-0.1, -0.05) is 18.2 Å². The number of nitrogens with one attached hydrogen (secondary N) is 1. The molecule has 1 amide bonds. The van der Waals surface area contributed by atoms with Crippen molar-refractivity contribution in [3.05, 3.63) is 52.3 Å². The van der Waals surface area contributed by atoms with Gasteiger partial charge in [0.1, 0.15) is 0 Å². The van der Waals surface area contributed by atoms with Crippen molar-refractivity contribution in [3.8, 4) is 5.69 Å². The van der Waals surface area contributed by atoms with Crippen LogP contribution >= 0.6 is 0 Å². The summed E-state index contributed by atoms with van der Waals surface area (Å²) in [6.45, 7) is 11.7. The Bertz CT molecular complexity index is 828. The molecule has 6 heteroatoms. The number of aryl methyl sites for hydroxylation is 3. The molecule has 0 unspecified atom stereocenters. The van der Waals surface area contributed by atoms with Crippen LogP contribution in [0.5, 0.6) is 0 Å². The van der Waals surface area contributed by atoms with Crippen molar-refractivity contribution in [2.75, 3.05) is 32.8 Å². The number of carbonyl (C=O) groups is 1. The molecule has 0 aliphatic carbocycles. The van der Waals surface area contributed by atoms with Crippen molar-refractivity contribution in [3.63, 3.8) is 0 Å². The molecule has 0 spiro atoms. The second kappa shape index (κ2) is 8.50. The van der Waals surface area contributed by atoms with Gasteiger partial charge < -0.3 is 9.30 Å². The second-order valence-electron chi connectivity index (χ2n) is 7.08. The van der Waals surface area contributed by atoms with E-state index in [4.69, 9.17) is 4.74 Å². The molecule has 0 bridgehead atoms. The highest BCUT2D eigenvalue weighted by atomic mass is 16.5. The number of ether oxygens (including phenoxy) is 1. The lowest BCUT2D eigenvalue weighted by molar-refractivity contribution is -0.123. The number of carbonyl (C=O) groups excluding carboxylic acids is 1. The molecule has 1 fully saturated rings. The van der Waals surface area contributed by atoms with Crippen LogP contribution in [-0.4, -0.2) is 54.4 Å². The minimum atomic E-state index is -0.100. The van der Waals surface area contributed by atoms with E-state index in [-0.39, 0.29) is 5.91 Å². The van der Waals surface area contributed by atoms with Crippen LogP contribution in [0, 0.1) is 27.7 Å². The van der Waals surface area contributed by atoms with E-state index in [1.807, 2.05) is 0 Å². The number of hydrogen-bond acceptors (Lipinski definition) is 4. The van der Waals surface area contributed by atoms with E-state index in [1.165, 1.54) is 16.8 Å². The smallest absolute Gasteiger partial charge is 0.254 e. The summed E-state index contributed by atoms with van der Waals surface area (Å²) in [6, 6.07) is 8.43. The molecule has 1 aliphatic heterocycles. The fraction of sp³-hybridized carbons (Fsp3) is 0.429. The molecule has 6 nitrogen and oxygen atoms in total. The minimum absolute atomic E-state index is 0.100. The van der Waals surface area contributed by atoms with Crippen LogP contribution < -0.4 is 5.43 Å². The third-order valence-electron chi connectivity index (χ3n) is 5.00. The summed E-state index contributed by atoms with van der Waals surface area (Å²) < 4.78 is 7.55. The largest absolute Gasteiger partial charge is 0.379 e. The zero-order chi connectivity index (χ0) is 19.4. The zero-order valence-corrected chi connectivity index (χ0v) is 16.6. The first-order valence-electron chi connectivity index (χ1n) is 9.35. The van der Waals surface area contributed by atoms with Crippen LogP contribution in [0.1, 0.15) is 28.1 Å². The summed E-state index contributed by atoms with van der Waals surface area (Å²) in [7, 11) is 0. The van der Waals surface area contributed by atoms with Gasteiger partial charge in [0.05, 0.1) is 31.7 Å². The fourth-order valence-electron chi connectivity index (χ4n) is 3.59. The predicted molar refractivity (Wildman–Crippen MR) is 108 cm³/mol. The van der Waals surface area contributed by atoms with Crippen molar-refractivity contribution >= 4 is 12.1 Å². The van der Waals surface area contributed by atoms with Crippen LogP contribution in [0.25, 0.3) is 5.69 Å². The monoisotopic (exact) mass is 368 g/mol. The first-order valence-corrected chi connectivity index (χ1v) is 9.35. The van der Waals surface area contributed by atoms with E-state index in [9.17, 15) is 4.79 Å². The summed E-state index contributed by atoms with van der Waals surface area (Å²) in [5.74, 6) is -0.100. The van der Waals surface area contributed by atoms with Gasteiger partial charge in [0.15, 0.2) is 0 Å². The summed E-state index contributed by atoms with van der Waals surface area (Å²) in [5.41, 5.74) is 9.57. The van der Waals surface area contributed by atoms with Gasteiger partial charge in [0, 0.05) is 30.0 Å². The molecule has 1 aromatic heterocycles. The van der Waals surface area contributed by atoms with Crippen LogP contribution in [0.4, 0.5) is 0 Å². The molecule has 0 atom stereocenters. The molecular weight excluding hydrogens is 340 g/mol. The van der Waals surface area contributed by atoms with Gasteiger partial charge in [-0.25, -0.2) is 5.43 Å². The Hall–Kier alpha value is -2.44. The summed E-state index contributed by atoms with van der Waals surface area (Å²) in [6.07, 6.45) is 1.73. The van der Waals surface area contributed by atoms with Gasteiger partial charge in [-0.05, 0) is 44.9 Å².